The number of hydroxylamine groups is 1. The summed E-state index contributed by atoms with van der Waals surface area (Å²) in [5.41, 5.74) is 2.45. The lowest BCUT2D eigenvalue weighted by Gasteiger charge is -2.11. The van der Waals surface area contributed by atoms with Gasteiger partial charge in [0.2, 0.25) is 5.95 Å². The Morgan fingerprint density at radius 3 is 2.88 bits per heavy atom. The van der Waals surface area contributed by atoms with Gasteiger partial charge in [-0.15, -0.1) is 0 Å². The van der Waals surface area contributed by atoms with Gasteiger partial charge in [0.1, 0.15) is 11.0 Å². The van der Waals surface area contributed by atoms with Crippen LogP contribution in [-0.2, 0) is 0 Å². The van der Waals surface area contributed by atoms with Crippen molar-refractivity contribution < 1.29 is 5.21 Å². The molecule has 0 radical (unpaired) electrons. The van der Waals surface area contributed by atoms with Gasteiger partial charge in [-0.05, 0) is 12.8 Å². The second kappa shape index (κ2) is 4.05. The van der Waals surface area contributed by atoms with E-state index in [0.29, 0.717) is 18.4 Å². The third-order valence-electron chi connectivity index (χ3n) is 2.42. The first-order chi connectivity index (χ1) is 7.63. The summed E-state index contributed by atoms with van der Waals surface area (Å²) in [7, 11) is 0. The molecule has 0 aliphatic rings. The molecule has 0 saturated carbocycles. The molecule has 0 unspecified atom stereocenters. The zero-order valence-electron chi connectivity index (χ0n) is 9.60. The number of hydrogen-bond acceptors (Lipinski definition) is 5. The van der Waals surface area contributed by atoms with Crippen LogP contribution in [0.5, 0.6) is 0 Å². The first-order valence-electron chi connectivity index (χ1n) is 5.31. The monoisotopic (exact) mass is 221 g/mol. The summed E-state index contributed by atoms with van der Waals surface area (Å²) in [6, 6.07) is 0. The van der Waals surface area contributed by atoms with Crippen LogP contribution in [0.4, 0.5) is 5.95 Å². The summed E-state index contributed by atoms with van der Waals surface area (Å²) >= 11 is 0. The fourth-order valence-corrected chi connectivity index (χ4v) is 1.49. The van der Waals surface area contributed by atoms with Crippen molar-refractivity contribution >= 4 is 17.0 Å². The molecule has 0 aliphatic carbocycles. The molecular weight excluding hydrogens is 206 g/mol. The van der Waals surface area contributed by atoms with Crippen LogP contribution in [0.3, 0.4) is 0 Å². The number of rotatable bonds is 3. The molecule has 0 fully saturated rings. The van der Waals surface area contributed by atoms with Crippen molar-refractivity contribution in [1.82, 2.24) is 20.2 Å². The van der Waals surface area contributed by atoms with Gasteiger partial charge in [-0.1, -0.05) is 13.8 Å². The number of nitrogens with one attached hydrogen (secondary N) is 1. The molecule has 0 spiro atoms. The second-order valence-electron chi connectivity index (χ2n) is 3.91. The zero-order valence-corrected chi connectivity index (χ0v) is 9.60. The van der Waals surface area contributed by atoms with Gasteiger partial charge in [-0.2, -0.15) is 5.10 Å². The first-order valence-corrected chi connectivity index (χ1v) is 5.31. The minimum absolute atomic E-state index is 0.304. The van der Waals surface area contributed by atoms with Crippen molar-refractivity contribution in [3.05, 3.63) is 11.9 Å². The predicted octanol–water partition coefficient (Wildman–Crippen LogP) is 1.69. The number of aromatic nitrogens is 4. The fourth-order valence-electron chi connectivity index (χ4n) is 1.49. The maximum Gasteiger partial charge on any atom is 0.250 e. The van der Waals surface area contributed by atoms with Gasteiger partial charge in [0, 0.05) is 6.54 Å². The number of hydrogen-bond donors (Lipinski definition) is 2. The number of anilines is 1. The Morgan fingerprint density at radius 1 is 1.50 bits per heavy atom. The SMILES string of the molecule is CCN(O)c1ncc2n[nH]c(C(C)C)c2n1. The van der Waals surface area contributed by atoms with E-state index in [1.54, 1.807) is 6.20 Å². The first kappa shape index (κ1) is 10.8. The van der Waals surface area contributed by atoms with Crippen LogP contribution < -0.4 is 5.06 Å². The number of nitrogens with zero attached hydrogens (tertiary/aromatic N) is 4. The average Bonchev–Trinajstić information content (AvgIpc) is 2.70. The van der Waals surface area contributed by atoms with Crippen LogP contribution >= 0.6 is 0 Å². The van der Waals surface area contributed by atoms with Gasteiger partial charge < -0.3 is 0 Å². The molecule has 0 bridgehead atoms. The third kappa shape index (κ3) is 1.71. The highest BCUT2D eigenvalue weighted by molar-refractivity contribution is 5.77. The molecule has 0 atom stereocenters. The van der Waals surface area contributed by atoms with Gasteiger partial charge in [0.25, 0.3) is 0 Å². The molecule has 2 aromatic rings. The lowest BCUT2D eigenvalue weighted by molar-refractivity contribution is 0.253. The van der Waals surface area contributed by atoms with E-state index in [1.165, 1.54) is 0 Å². The van der Waals surface area contributed by atoms with Gasteiger partial charge in [-0.25, -0.2) is 15.0 Å². The summed E-state index contributed by atoms with van der Waals surface area (Å²) in [5, 5.41) is 17.6. The molecule has 2 heterocycles. The Bertz CT molecular complexity index is 493. The molecule has 0 amide bonds. The Labute approximate surface area is 93.3 Å². The van der Waals surface area contributed by atoms with Crippen LogP contribution in [0.15, 0.2) is 6.20 Å². The van der Waals surface area contributed by atoms with E-state index >= 15 is 0 Å². The van der Waals surface area contributed by atoms with Gasteiger partial charge >= 0.3 is 0 Å². The molecule has 0 saturated heterocycles. The van der Waals surface area contributed by atoms with Gasteiger partial charge in [0.05, 0.1) is 11.9 Å². The van der Waals surface area contributed by atoms with Crippen LogP contribution in [0, 0.1) is 0 Å². The Hall–Kier alpha value is -1.69. The standard InChI is InChI=1S/C10H15N5O/c1-4-15(16)10-11-5-7-9(12-10)8(6(2)3)14-13-7/h5-6,16H,4H2,1-3H3,(H,13,14). The van der Waals surface area contributed by atoms with Crippen molar-refractivity contribution in [2.75, 3.05) is 11.6 Å². The molecule has 6 heteroatoms. The van der Waals surface area contributed by atoms with Crippen molar-refractivity contribution in [3.63, 3.8) is 0 Å². The number of fused-ring (bicyclic) bond motifs is 1. The minimum atomic E-state index is 0.304. The van der Waals surface area contributed by atoms with E-state index in [9.17, 15) is 5.21 Å². The van der Waals surface area contributed by atoms with Crippen molar-refractivity contribution in [3.8, 4) is 0 Å². The van der Waals surface area contributed by atoms with Crippen molar-refractivity contribution in [2.24, 2.45) is 0 Å². The zero-order chi connectivity index (χ0) is 11.7. The molecule has 16 heavy (non-hydrogen) atoms. The Morgan fingerprint density at radius 2 is 2.25 bits per heavy atom. The van der Waals surface area contributed by atoms with Crippen molar-refractivity contribution in [2.45, 2.75) is 26.7 Å². The topological polar surface area (TPSA) is 77.9 Å². The lowest BCUT2D eigenvalue weighted by Crippen LogP contribution is -2.19. The van der Waals surface area contributed by atoms with Gasteiger partial charge in [-0.3, -0.25) is 10.3 Å². The highest BCUT2D eigenvalue weighted by Crippen LogP contribution is 2.21. The van der Waals surface area contributed by atoms with E-state index in [1.807, 2.05) is 6.92 Å². The molecule has 0 aliphatic heterocycles. The molecule has 86 valence electrons. The van der Waals surface area contributed by atoms with Crippen LogP contribution in [0.1, 0.15) is 32.4 Å². The number of aromatic amines is 1. The number of H-pyrrole nitrogens is 1. The summed E-state index contributed by atoms with van der Waals surface area (Å²) in [6.07, 6.45) is 1.61. The lowest BCUT2D eigenvalue weighted by atomic mass is 10.1. The maximum absolute atomic E-state index is 9.53. The Balaban J connectivity index is 2.54. The maximum atomic E-state index is 9.53. The minimum Gasteiger partial charge on any atom is -0.286 e. The molecule has 2 N–H and O–H groups in total. The van der Waals surface area contributed by atoms with Crippen LogP contribution in [0.2, 0.25) is 0 Å². The smallest absolute Gasteiger partial charge is 0.250 e. The largest absolute Gasteiger partial charge is 0.286 e. The molecule has 2 aromatic heterocycles. The van der Waals surface area contributed by atoms with E-state index in [0.717, 1.165) is 21.8 Å². The molecule has 6 nitrogen and oxygen atoms in total. The summed E-state index contributed by atoms with van der Waals surface area (Å²) in [5.74, 6) is 0.611. The van der Waals surface area contributed by atoms with Crippen molar-refractivity contribution in [1.29, 1.82) is 0 Å². The molecular formula is C10H15N5O. The van der Waals surface area contributed by atoms with Gasteiger partial charge in [0.15, 0.2) is 0 Å². The fraction of sp³-hybridized carbons (Fsp3) is 0.500. The highest BCUT2D eigenvalue weighted by atomic mass is 16.5. The van der Waals surface area contributed by atoms with Crippen LogP contribution in [-0.4, -0.2) is 31.9 Å². The average molecular weight is 221 g/mol. The second-order valence-corrected chi connectivity index (χ2v) is 3.91. The van der Waals surface area contributed by atoms with E-state index in [-0.39, 0.29) is 0 Å². The van der Waals surface area contributed by atoms with Crippen LogP contribution in [0.25, 0.3) is 11.0 Å². The quantitative estimate of drug-likeness (QED) is 0.771. The van der Waals surface area contributed by atoms with E-state index in [2.05, 4.69) is 34.0 Å². The third-order valence-corrected chi connectivity index (χ3v) is 2.42. The van der Waals surface area contributed by atoms with E-state index in [4.69, 9.17) is 0 Å². The summed E-state index contributed by atoms with van der Waals surface area (Å²) in [6.45, 7) is 6.39. The molecule has 2 rings (SSSR count). The highest BCUT2D eigenvalue weighted by Gasteiger charge is 2.13. The summed E-state index contributed by atoms with van der Waals surface area (Å²) < 4.78 is 0. The van der Waals surface area contributed by atoms with E-state index < -0.39 is 0 Å². The Kier molecular flexibility index (Phi) is 2.74. The normalized spacial score (nSPS) is 11.3. The predicted molar refractivity (Wildman–Crippen MR) is 60.6 cm³/mol. The molecule has 0 aromatic carbocycles. The summed E-state index contributed by atoms with van der Waals surface area (Å²) in [4.78, 5) is 8.33.